The maximum Gasteiger partial charge on any atom is 0.230 e. The Morgan fingerprint density at radius 2 is 1.90 bits per heavy atom. The molecule has 1 aromatic heterocycles. The lowest BCUT2D eigenvalue weighted by molar-refractivity contribution is -0.122. The summed E-state index contributed by atoms with van der Waals surface area (Å²) >= 11 is 1.80. The van der Waals surface area contributed by atoms with Crippen molar-refractivity contribution >= 4 is 35.1 Å². The molecular formula is C23H22N4O2S. The SMILES string of the molecule is Cc1cccc(-n2nc3c(c2NC(=O)[C@@H]2CC(=O)N(c4ccccc4)C2)CSC3)c1. The molecule has 0 saturated carbocycles. The van der Waals surface area contributed by atoms with E-state index in [0.29, 0.717) is 6.54 Å². The Balaban J connectivity index is 1.41. The average Bonchev–Trinajstić information content (AvgIpc) is 3.44. The zero-order valence-corrected chi connectivity index (χ0v) is 17.5. The van der Waals surface area contributed by atoms with E-state index in [4.69, 9.17) is 5.10 Å². The summed E-state index contributed by atoms with van der Waals surface area (Å²) in [6.45, 7) is 2.43. The van der Waals surface area contributed by atoms with Crippen molar-refractivity contribution in [3.63, 3.8) is 0 Å². The van der Waals surface area contributed by atoms with Crippen LogP contribution in [0.2, 0.25) is 0 Å². The van der Waals surface area contributed by atoms with E-state index in [9.17, 15) is 9.59 Å². The van der Waals surface area contributed by atoms with Crippen LogP contribution in [-0.2, 0) is 21.1 Å². The molecule has 2 aromatic carbocycles. The van der Waals surface area contributed by atoms with Crippen molar-refractivity contribution in [1.82, 2.24) is 9.78 Å². The second-order valence-corrected chi connectivity index (χ2v) is 8.73. The number of carbonyl (C=O) groups is 2. The second-order valence-electron chi connectivity index (χ2n) is 7.75. The molecule has 0 bridgehead atoms. The molecule has 6 nitrogen and oxygen atoms in total. The molecule has 0 radical (unpaired) electrons. The lowest BCUT2D eigenvalue weighted by Crippen LogP contribution is -2.28. The number of nitrogens with one attached hydrogen (secondary N) is 1. The van der Waals surface area contributed by atoms with E-state index in [0.717, 1.165) is 45.5 Å². The Labute approximate surface area is 179 Å². The molecule has 3 aromatic rings. The highest BCUT2D eigenvalue weighted by Crippen LogP contribution is 2.37. The third kappa shape index (κ3) is 3.39. The van der Waals surface area contributed by atoms with Gasteiger partial charge in [0.2, 0.25) is 11.8 Å². The molecule has 7 heteroatoms. The molecule has 30 heavy (non-hydrogen) atoms. The Bertz CT molecular complexity index is 1130. The number of fused-ring (bicyclic) bond motifs is 1. The molecule has 1 N–H and O–H groups in total. The predicted octanol–water partition coefficient (Wildman–Crippen LogP) is 3.92. The summed E-state index contributed by atoms with van der Waals surface area (Å²) in [5.74, 6) is 1.88. The van der Waals surface area contributed by atoms with Crippen molar-refractivity contribution in [2.75, 3.05) is 16.8 Å². The summed E-state index contributed by atoms with van der Waals surface area (Å²) in [5.41, 5.74) is 5.00. The number of para-hydroxylation sites is 1. The normalized spacial score (nSPS) is 18.0. The highest BCUT2D eigenvalue weighted by molar-refractivity contribution is 7.98. The van der Waals surface area contributed by atoms with Gasteiger partial charge in [0.05, 0.1) is 17.3 Å². The molecule has 0 spiro atoms. The van der Waals surface area contributed by atoms with Gasteiger partial charge in [-0.1, -0.05) is 30.3 Å². The standard InChI is InChI=1S/C23H22N4O2S/c1-15-6-5-9-18(10-15)27-22(19-13-30-14-20(19)25-27)24-23(29)16-11-21(28)26(12-16)17-7-3-2-4-8-17/h2-10,16H,11-14H2,1H3,(H,24,29)/t16-/m1/s1. The minimum absolute atomic E-state index is 0.0191. The first-order chi connectivity index (χ1) is 14.6. The molecule has 1 saturated heterocycles. The van der Waals surface area contributed by atoms with Gasteiger partial charge in [-0.15, -0.1) is 0 Å². The smallest absolute Gasteiger partial charge is 0.230 e. The highest BCUT2D eigenvalue weighted by Gasteiger charge is 2.36. The molecule has 2 amide bonds. The van der Waals surface area contributed by atoms with Gasteiger partial charge in [0.25, 0.3) is 0 Å². The van der Waals surface area contributed by atoms with Gasteiger partial charge in [-0.25, -0.2) is 4.68 Å². The van der Waals surface area contributed by atoms with Gasteiger partial charge in [0.1, 0.15) is 5.82 Å². The summed E-state index contributed by atoms with van der Waals surface area (Å²) in [5, 5.41) is 7.88. The van der Waals surface area contributed by atoms with Gasteiger partial charge in [-0.3, -0.25) is 9.59 Å². The van der Waals surface area contributed by atoms with Gasteiger partial charge >= 0.3 is 0 Å². The third-order valence-electron chi connectivity index (χ3n) is 5.60. The first kappa shape index (κ1) is 18.9. The quantitative estimate of drug-likeness (QED) is 0.697. The number of anilines is 2. The number of nitrogens with zero attached hydrogens (tertiary/aromatic N) is 3. The Kier molecular flexibility index (Phi) is 4.83. The van der Waals surface area contributed by atoms with Crippen LogP contribution in [0.1, 0.15) is 23.2 Å². The Morgan fingerprint density at radius 1 is 1.10 bits per heavy atom. The van der Waals surface area contributed by atoms with Crippen LogP contribution in [0.4, 0.5) is 11.5 Å². The van der Waals surface area contributed by atoms with Crippen LogP contribution in [0.15, 0.2) is 54.6 Å². The number of hydrogen-bond acceptors (Lipinski definition) is 4. The van der Waals surface area contributed by atoms with Gasteiger partial charge in [-0.05, 0) is 36.8 Å². The predicted molar refractivity (Wildman–Crippen MR) is 119 cm³/mol. The number of carbonyl (C=O) groups excluding carboxylic acids is 2. The number of benzene rings is 2. The van der Waals surface area contributed by atoms with Gasteiger partial charge in [0, 0.05) is 35.7 Å². The van der Waals surface area contributed by atoms with E-state index >= 15 is 0 Å². The maximum atomic E-state index is 13.1. The van der Waals surface area contributed by atoms with Crippen LogP contribution < -0.4 is 10.2 Å². The fourth-order valence-electron chi connectivity index (χ4n) is 4.05. The lowest BCUT2D eigenvalue weighted by atomic mass is 10.1. The van der Waals surface area contributed by atoms with E-state index in [1.165, 1.54) is 0 Å². The van der Waals surface area contributed by atoms with E-state index in [-0.39, 0.29) is 24.2 Å². The minimum Gasteiger partial charge on any atom is -0.312 e. The molecule has 5 rings (SSSR count). The molecule has 0 aliphatic carbocycles. The van der Waals surface area contributed by atoms with Crippen LogP contribution in [0.5, 0.6) is 0 Å². The first-order valence-electron chi connectivity index (χ1n) is 10.0. The summed E-state index contributed by atoms with van der Waals surface area (Å²) in [4.78, 5) is 27.4. The third-order valence-corrected chi connectivity index (χ3v) is 6.57. The Hall–Kier alpha value is -3.06. The zero-order valence-electron chi connectivity index (χ0n) is 16.7. The van der Waals surface area contributed by atoms with E-state index in [2.05, 4.69) is 11.4 Å². The molecule has 2 aliphatic rings. The molecule has 3 heterocycles. The lowest BCUT2D eigenvalue weighted by Gasteiger charge is -2.17. The van der Waals surface area contributed by atoms with Crippen molar-refractivity contribution in [3.05, 3.63) is 71.4 Å². The van der Waals surface area contributed by atoms with E-state index < -0.39 is 0 Å². The fourth-order valence-corrected chi connectivity index (χ4v) is 5.08. The van der Waals surface area contributed by atoms with Gasteiger partial charge in [0.15, 0.2) is 0 Å². The van der Waals surface area contributed by atoms with Crippen LogP contribution in [0.25, 0.3) is 5.69 Å². The van der Waals surface area contributed by atoms with Crippen LogP contribution >= 0.6 is 11.8 Å². The van der Waals surface area contributed by atoms with Crippen LogP contribution in [0, 0.1) is 12.8 Å². The summed E-state index contributed by atoms with van der Waals surface area (Å²) in [6.07, 6.45) is 0.219. The molecule has 0 unspecified atom stereocenters. The first-order valence-corrected chi connectivity index (χ1v) is 11.2. The molecule has 1 fully saturated rings. The topological polar surface area (TPSA) is 67.2 Å². The molecular weight excluding hydrogens is 396 g/mol. The second kappa shape index (κ2) is 7.65. The number of hydrogen-bond donors (Lipinski definition) is 1. The summed E-state index contributed by atoms with van der Waals surface area (Å²) < 4.78 is 1.83. The van der Waals surface area contributed by atoms with Crippen molar-refractivity contribution in [1.29, 1.82) is 0 Å². The number of rotatable bonds is 4. The number of thioether (sulfide) groups is 1. The number of amides is 2. The largest absolute Gasteiger partial charge is 0.312 e. The highest BCUT2D eigenvalue weighted by atomic mass is 32.2. The molecule has 1 atom stereocenters. The Morgan fingerprint density at radius 3 is 2.70 bits per heavy atom. The van der Waals surface area contributed by atoms with Crippen molar-refractivity contribution in [2.24, 2.45) is 5.92 Å². The van der Waals surface area contributed by atoms with Crippen LogP contribution in [0.3, 0.4) is 0 Å². The van der Waals surface area contributed by atoms with E-state index in [1.54, 1.807) is 16.7 Å². The van der Waals surface area contributed by atoms with Crippen molar-refractivity contribution in [2.45, 2.75) is 24.9 Å². The minimum atomic E-state index is -0.386. The zero-order chi connectivity index (χ0) is 20.7. The van der Waals surface area contributed by atoms with Crippen LogP contribution in [-0.4, -0.2) is 28.1 Å². The fraction of sp³-hybridized carbons (Fsp3) is 0.261. The van der Waals surface area contributed by atoms with Gasteiger partial charge in [-0.2, -0.15) is 16.9 Å². The summed E-state index contributed by atoms with van der Waals surface area (Å²) in [7, 11) is 0. The monoisotopic (exact) mass is 418 g/mol. The van der Waals surface area contributed by atoms with Gasteiger partial charge < -0.3 is 10.2 Å². The molecule has 152 valence electrons. The van der Waals surface area contributed by atoms with Crippen molar-refractivity contribution < 1.29 is 9.59 Å². The average molecular weight is 419 g/mol. The number of aromatic nitrogens is 2. The maximum absolute atomic E-state index is 13.1. The summed E-state index contributed by atoms with van der Waals surface area (Å²) in [6, 6.07) is 17.6. The molecule has 2 aliphatic heterocycles. The number of aryl methyl sites for hydroxylation is 1. The van der Waals surface area contributed by atoms with E-state index in [1.807, 2.05) is 60.1 Å². The van der Waals surface area contributed by atoms with Crippen molar-refractivity contribution in [3.8, 4) is 5.69 Å².